The zero-order valence-electron chi connectivity index (χ0n) is 16.6. The maximum absolute atomic E-state index is 13.4. The van der Waals surface area contributed by atoms with Crippen LogP contribution in [0.15, 0.2) is 41.2 Å². The SMILES string of the molecule is CCc1cc2c(c(OC(C)C)c(C)n2C)c(=O)n1CC(=O)c1ccccc1. The van der Waals surface area contributed by atoms with Crippen LogP contribution >= 0.6 is 0 Å². The Hall–Kier alpha value is -2.82. The van der Waals surface area contributed by atoms with Crippen LogP contribution in [0, 0.1) is 6.92 Å². The van der Waals surface area contributed by atoms with Gasteiger partial charge in [-0.3, -0.25) is 9.59 Å². The van der Waals surface area contributed by atoms with Crippen LogP contribution in [0.3, 0.4) is 0 Å². The summed E-state index contributed by atoms with van der Waals surface area (Å²) in [5.41, 5.74) is 3.02. The van der Waals surface area contributed by atoms with Crippen LogP contribution < -0.4 is 10.3 Å². The number of ether oxygens (including phenoxy) is 1. The fourth-order valence-corrected chi connectivity index (χ4v) is 3.38. The van der Waals surface area contributed by atoms with Gasteiger partial charge >= 0.3 is 0 Å². The lowest BCUT2D eigenvalue weighted by molar-refractivity contribution is 0.0970. The Bertz CT molecular complexity index is 1040. The van der Waals surface area contributed by atoms with Gasteiger partial charge < -0.3 is 13.9 Å². The third kappa shape index (κ3) is 3.42. The molecular formula is C22H26N2O3. The van der Waals surface area contributed by atoms with Gasteiger partial charge in [0.05, 0.1) is 23.9 Å². The first kappa shape index (κ1) is 19.0. The second-order valence-electron chi connectivity index (χ2n) is 7.07. The molecule has 0 unspecified atom stereocenters. The van der Waals surface area contributed by atoms with Crippen LogP contribution in [-0.2, 0) is 20.0 Å². The van der Waals surface area contributed by atoms with E-state index in [0.29, 0.717) is 23.1 Å². The van der Waals surface area contributed by atoms with Crippen LogP contribution in [0.5, 0.6) is 5.75 Å². The minimum absolute atomic E-state index is 0.0248. The van der Waals surface area contributed by atoms with Gasteiger partial charge in [-0.25, -0.2) is 0 Å². The van der Waals surface area contributed by atoms with Crippen LogP contribution in [0.2, 0.25) is 0 Å². The molecule has 0 aliphatic rings. The van der Waals surface area contributed by atoms with Crippen LogP contribution in [0.25, 0.3) is 10.9 Å². The maximum Gasteiger partial charge on any atom is 0.264 e. The number of carbonyl (C=O) groups is 1. The van der Waals surface area contributed by atoms with E-state index in [1.807, 2.05) is 63.6 Å². The molecule has 3 aromatic rings. The summed E-state index contributed by atoms with van der Waals surface area (Å²) >= 11 is 0. The predicted octanol–water partition coefficient (Wildman–Crippen LogP) is 3.88. The molecule has 0 radical (unpaired) electrons. The molecule has 0 aliphatic heterocycles. The van der Waals surface area contributed by atoms with Crippen molar-refractivity contribution in [2.24, 2.45) is 7.05 Å². The van der Waals surface area contributed by atoms with E-state index >= 15 is 0 Å². The number of hydrogen-bond acceptors (Lipinski definition) is 3. The molecule has 5 nitrogen and oxygen atoms in total. The Balaban J connectivity index is 2.19. The first-order valence-electron chi connectivity index (χ1n) is 9.31. The molecule has 0 bridgehead atoms. The van der Waals surface area contributed by atoms with Crippen molar-refractivity contribution in [2.75, 3.05) is 0 Å². The zero-order chi connectivity index (χ0) is 19.7. The van der Waals surface area contributed by atoms with E-state index in [9.17, 15) is 9.59 Å². The van der Waals surface area contributed by atoms with E-state index in [4.69, 9.17) is 4.74 Å². The summed E-state index contributed by atoms with van der Waals surface area (Å²) < 4.78 is 9.53. The summed E-state index contributed by atoms with van der Waals surface area (Å²) in [6, 6.07) is 11.1. The highest BCUT2D eigenvalue weighted by molar-refractivity contribution is 5.96. The fraction of sp³-hybridized carbons (Fsp3) is 0.364. The summed E-state index contributed by atoms with van der Waals surface area (Å²) in [4.78, 5) is 26.1. The highest BCUT2D eigenvalue weighted by atomic mass is 16.5. The van der Waals surface area contributed by atoms with Crippen molar-refractivity contribution in [3.05, 3.63) is 63.7 Å². The maximum atomic E-state index is 13.4. The number of benzene rings is 1. The van der Waals surface area contributed by atoms with E-state index in [1.54, 1.807) is 16.7 Å². The number of rotatable bonds is 6. The number of aromatic nitrogens is 2. The average molecular weight is 366 g/mol. The Morgan fingerprint density at radius 3 is 2.44 bits per heavy atom. The largest absolute Gasteiger partial charge is 0.488 e. The van der Waals surface area contributed by atoms with Gasteiger partial charge in [-0.2, -0.15) is 0 Å². The zero-order valence-corrected chi connectivity index (χ0v) is 16.6. The third-order valence-electron chi connectivity index (χ3n) is 4.90. The Morgan fingerprint density at radius 2 is 1.85 bits per heavy atom. The second kappa shape index (κ2) is 7.43. The smallest absolute Gasteiger partial charge is 0.264 e. The molecule has 0 saturated carbocycles. The Labute approximate surface area is 159 Å². The number of pyridine rings is 1. The molecule has 0 N–H and O–H groups in total. The number of carbonyl (C=O) groups excluding carboxylic acids is 1. The van der Waals surface area contributed by atoms with Crippen molar-refractivity contribution >= 4 is 16.7 Å². The minimum Gasteiger partial charge on any atom is -0.488 e. The topological polar surface area (TPSA) is 53.2 Å². The molecular weight excluding hydrogens is 340 g/mol. The van der Waals surface area contributed by atoms with Crippen LogP contribution in [-0.4, -0.2) is 21.0 Å². The van der Waals surface area contributed by atoms with E-state index < -0.39 is 0 Å². The summed E-state index contributed by atoms with van der Waals surface area (Å²) in [6.07, 6.45) is 0.622. The van der Waals surface area contributed by atoms with Gasteiger partial charge in [0, 0.05) is 18.3 Å². The molecule has 5 heteroatoms. The molecule has 2 aromatic heterocycles. The molecule has 1 aromatic carbocycles. The monoisotopic (exact) mass is 366 g/mol. The predicted molar refractivity (Wildman–Crippen MR) is 108 cm³/mol. The van der Waals surface area contributed by atoms with E-state index in [1.165, 1.54) is 0 Å². The molecule has 0 atom stereocenters. The van der Waals surface area contributed by atoms with Gasteiger partial charge in [-0.05, 0) is 33.3 Å². The van der Waals surface area contributed by atoms with Gasteiger partial charge in [0.1, 0.15) is 5.39 Å². The number of ketones is 1. The molecule has 0 spiro atoms. The molecule has 142 valence electrons. The number of aryl methyl sites for hydroxylation is 2. The Kier molecular flexibility index (Phi) is 5.22. The molecule has 0 saturated heterocycles. The summed E-state index contributed by atoms with van der Waals surface area (Å²) in [5, 5.41) is 0.543. The van der Waals surface area contributed by atoms with Gasteiger partial charge in [-0.15, -0.1) is 0 Å². The van der Waals surface area contributed by atoms with Crippen molar-refractivity contribution in [1.29, 1.82) is 0 Å². The summed E-state index contributed by atoms with van der Waals surface area (Å²) in [6.45, 7) is 7.84. The van der Waals surface area contributed by atoms with E-state index in [-0.39, 0.29) is 24.0 Å². The molecule has 27 heavy (non-hydrogen) atoms. The highest BCUT2D eigenvalue weighted by Gasteiger charge is 2.21. The number of Topliss-reactive ketones (excluding diaryl/α,β-unsaturated/α-hetero) is 1. The van der Waals surface area contributed by atoms with Gasteiger partial charge in [0.15, 0.2) is 11.5 Å². The summed E-state index contributed by atoms with van der Waals surface area (Å²) in [7, 11) is 1.93. The quantitative estimate of drug-likeness (QED) is 0.622. The van der Waals surface area contributed by atoms with E-state index in [2.05, 4.69) is 0 Å². The number of hydrogen-bond donors (Lipinski definition) is 0. The van der Waals surface area contributed by atoms with Crippen molar-refractivity contribution in [2.45, 2.75) is 46.8 Å². The third-order valence-corrected chi connectivity index (χ3v) is 4.90. The van der Waals surface area contributed by atoms with Gasteiger partial charge in [0.2, 0.25) is 0 Å². The highest BCUT2D eigenvalue weighted by Crippen LogP contribution is 2.31. The fourth-order valence-electron chi connectivity index (χ4n) is 3.38. The van der Waals surface area contributed by atoms with Gasteiger partial charge in [-0.1, -0.05) is 37.3 Å². The van der Waals surface area contributed by atoms with E-state index in [0.717, 1.165) is 16.9 Å². The first-order chi connectivity index (χ1) is 12.8. The lowest BCUT2D eigenvalue weighted by Gasteiger charge is -2.13. The summed E-state index contributed by atoms with van der Waals surface area (Å²) in [5.74, 6) is 0.529. The average Bonchev–Trinajstić information content (AvgIpc) is 2.88. The van der Waals surface area contributed by atoms with Crippen molar-refractivity contribution < 1.29 is 9.53 Å². The van der Waals surface area contributed by atoms with Crippen molar-refractivity contribution in [1.82, 2.24) is 9.13 Å². The number of nitrogens with zero attached hydrogens (tertiary/aromatic N) is 2. The standard InChI is InChI=1S/C22H26N2O3/c1-6-17-12-18-20(21(27-14(2)3)15(4)23(18)5)22(26)24(17)13-19(25)16-10-8-7-9-11-16/h7-12,14H,6,13H2,1-5H3. The lowest BCUT2D eigenvalue weighted by Crippen LogP contribution is -2.27. The molecule has 0 aliphatic carbocycles. The minimum atomic E-state index is -0.173. The second-order valence-corrected chi connectivity index (χ2v) is 7.07. The molecule has 3 rings (SSSR count). The molecule has 2 heterocycles. The lowest BCUT2D eigenvalue weighted by atomic mass is 10.1. The number of fused-ring (bicyclic) bond motifs is 1. The van der Waals surface area contributed by atoms with Crippen molar-refractivity contribution in [3.63, 3.8) is 0 Å². The molecule has 0 fully saturated rings. The first-order valence-corrected chi connectivity index (χ1v) is 9.31. The van der Waals surface area contributed by atoms with Crippen molar-refractivity contribution in [3.8, 4) is 5.75 Å². The Morgan fingerprint density at radius 1 is 1.19 bits per heavy atom. The molecule has 0 amide bonds. The normalized spacial score (nSPS) is 11.3. The van der Waals surface area contributed by atoms with Crippen LogP contribution in [0.1, 0.15) is 42.5 Å². The van der Waals surface area contributed by atoms with Crippen LogP contribution in [0.4, 0.5) is 0 Å². The van der Waals surface area contributed by atoms with Gasteiger partial charge in [0.25, 0.3) is 5.56 Å².